The molecule has 0 aliphatic heterocycles. The van der Waals surface area contributed by atoms with E-state index in [1.165, 1.54) is 0 Å². The molecule has 0 unspecified atom stereocenters. The Morgan fingerprint density at radius 3 is 2.47 bits per heavy atom. The van der Waals surface area contributed by atoms with Crippen molar-refractivity contribution in [3.63, 3.8) is 0 Å². The summed E-state index contributed by atoms with van der Waals surface area (Å²) in [5.41, 5.74) is 5.73. The van der Waals surface area contributed by atoms with E-state index in [-0.39, 0.29) is 10.9 Å². The molecular formula is C27H19Cl2N3O3S. The molecule has 0 saturated carbocycles. The lowest BCUT2D eigenvalue weighted by molar-refractivity contribution is 0.0951. The van der Waals surface area contributed by atoms with Gasteiger partial charge in [0.1, 0.15) is 11.3 Å². The van der Waals surface area contributed by atoms with Crippen molar-refractivity contribution in [2.75, 3.05) is 5.32 Å². The van der Waals surface area contributed by atoms with Gasteiger partial charge in [0.15, 0.2) is 16.5 Å². The molecule has 0 fully saturated rings. The normalized spacial score (nSPS) is 11.0. The minimum atomic E-state index is -0.503. The van der Waals surface area contributed by atoms with Crippen molar-refractivity contribution in [3.05, 3.63) is 93.7 Å². The summed E-state index contributed by atoms with van der Waals surface area (Å²) in [5, 5.41) is 6.68. The summed E-state index contributed by atoms with van der Waals surface area (Å²) in [6.07, 6.45) is 0. The van der Waals surface area contributed by atoms with Gasteiger partial charge in [-0.05, 0) is 86.7 Å². The van der Waals surface area contributed by atoms with E-state index in [2.05, 4.69) is 21.7 Å². The van der Waals surface area contributed by atoms with Crippen LogP contribution in [0.2, 0.25) is 10.0 Å². The van der Waals surface area contributed by atoms with Crippen molar-refractivity contribution < 1.29 is 13.6 Å². The number of halogens is 2. The number of nitrogens with zero attached hydrogens (tertiary/aromatic N) is 1. The van der Waals surface area contributed by atoms with Crippen molar-refractivity contribution in [2.24, 2.45) is 0 Å². The Kier molecular flexibility index (Phi) is 6.53. The highest BCUT2D eigenvalue weighted by Crippen LogP contribution is 2.32. The van der Waals surface area contributed by atoms with E-state index in [0.717, 1.165) is 16.7 Å². The van der Waals surface area contributed by atoms with Crippen LogP contribution in [-0.4, -0.2) is 16.0 Å². The first-order valence-electron chi connectivity index (χ1n) is 10.9. The zero-order valence-electron chi connectivity index (χ0n) is 19.2. The van der Waals surface area contributed by atoms with Gasteiger partial charge in [0.05, 0.1) is 5.02 Å². The number of amides is 1. The minimum Gasteiger partial charge on any atom is -0.451 e. The number of carbonyl (C=O) groups excluding carboxylic acids is 1. The summed E-state index contributed by atoms with van der Waals surface area (Å²) in [6.45, 7) is 4.07. The van der Waals surface area contributed by atoms with E-state index in [0.29, 0.717) is 44.0 Å². The van der Waals surface area contributed by atoms with Gasteiger partial charge >= 0.3 is 0 Å². The molecule has 36 heavy (non-hydrogen) atoms. The third-order valence-corrected chi connectivity index (χ3v) is 6.13. The molecule has 2 N–H and O–H groups in total. The summed E-state index contributed by atoms with van der Waals surface area (Å²) >= 11 is 17.6. The molecule has 0 aliphatic rings. The number of fused-ring (bicyclic) bond motifs is 1. The Balaban J connectivity index is 1.28. The summed E-state index contributed by atoms with van der Waals surface area (Å²) in [6, 6.07) is 19.8. The van der Waals surface area contributed by atoms with Gasteiger partial charge in [-0.15, -0.1) is 0 Å². The predicted octanol–water partition coefficient (Wildman–Crippen LogP) is 7.81. The topological polar surface area (TPSA) is 80.3 Å². The zero-order chi connectivity index (χ0) is 25.4. The van der Waals surface area contributed by atoms with Crippen LogP contribution in [0.4, 0.5) is 5.69 Å². The van der Waals surface area contributed by atoms with Crippen molar-refractivity contribution in [1.29, 1.82) is 0 Å². The maximum absolute atomic E-state index is 12.7. The van der Waals surface area contributed by atoms with E-state index >= 15 is 0 Å². The van der Waals surface area contributed by atoms with Gasteiger partial charge in [-0.3, -0.25) is 10.1 Å². The lowest BCUT2D eigenvalue weighted by Crippen LogP contribution is -2.33. The SMILES string of the molecule is Cc1cc(C)cc(-c2nc3cc(NC(=S)NC(=O)c4ccc(-c5cc(Cl)ccc5Cl)o4)ccc3o2)c1. The van der Waals surface area contributed by atoms with E-state index < -0.39 is 5.91 Å². The molecule has 5 rings (SSSR count). The molecule has 3 aromatic carbocycles. The Labute approximate surface area is 222 Å². The molecule has 0 atom stereocenters. The smallest absolute Gasteiger partial charge is 0.293 e. The van der Waals surface area contributed by atoms with Crippen LogP contribution in [0.5, 0.6) is 0 Å². The van der Waals surface area contributed by atoms with Crippen LogP contribution in [0.1, 0.15) is 21.7 Å². The Bertz CT molecular complexity index is 1620. The minimum absolute atomic E-state index is 0.0789. The summed E-state index contributed by atoms with van der Waals surface area (Å²) < 4.78 is 11.6. The average Bonchev–Trinajstić information content (AvgIpc) is 3.47. The molecule has 0 spiro atoms. The number of furan rings is 1. The highest BCUT2D eigenvalue weighted by molar-refractivity contribution is 7.80. The number of hydrogen-bond acceptors (Lipinski definition) is 5. The van der Waals surface area contributed by atoms with Crippen molar-refractivity contribution in [2.45, 2.75) is 13.8 Å². The Hall–Kier alpha value is -3.65. The second-order valence-corrected chi connectivity index (χ2v) is 9.53. The van der Waals surface area contributed by atoms with Crippen LogP contribution < -0.4 is 10.6 Å². The van der Waals surface area contributed by atoms with E-state index in [1.54, 1.807) is 48.5 Å². The third-order valence-electron chi connectivity index (χ3n) is 5.36. The van der Waals surface area contributed by atoms with Crippen molar-refractivity contribution in [3.8, 4) is 22.8 Å². The number of oxazole rings is 1. The number of aryl methyl sites for hydroxylation is 2. The van der Waals surface area contributed by atoms with E-state index in [9.17, 15) is 4.79 Å². The molecule has 180 valence electrons. The molecule has 1 amide bonds. The second kappa shape index (κ2) is 9.78. The van der Waals surface area contributed by atoms with Crippen molar-refractivity contribution in [1.82, 2.24) is 10.3 Å². The largest absolute Gasteiger partial charge is 0.451 e. The first-order chi connectivity index (χ1) is 17.2. The second-order valence-electron chi connectivity index (χ2n) is 8.27. The Morgan fingerprint density at radius 2 is 1.69 bits per heavy atom. The molecule has 0 bridgehead atoms. The fourth-order valence-electron chi connectivity index (χ4n) is 3.84. The van der Waals surface area contributed by atoms with Gasteiger partial charge in [0.25, 0.3) is 5.91 Å². The zero-order valence-corrected chi connectivity index (χ0v) is 21.5. The Morgan fingerprint density at radius 1 is 0.917 bits per heavy atom. The first kappa shape index (κ1) is 24.1. The molecular weight excluding hydrogens is 517 g/mol. The average molecular weight is 536 g/mol. The van der Waals surface area contributed by atoms with Gasteiger partial charge < -0.3 is 14.2 Å². The molecule has 0 radical (unpaired) electrons. The van der Waals surface area contributed by atoms with Gasteiger partial charge in [-0.2, -0.15) is 0 Å². The molecule has 2 aromatic heterocycles. The highest BCUT2D eigenvalue weighted by atomic mass is 35.5. The lowest BCUT2D eigenvalue weighted by Gasteiger charge is -2.08. The molecule has 9 heteroatoms. The number of carbonyl (C=O) groups is 1. The molecule has 6 nitrogen and oxygen atoms in total. The molecule has 2 heterocycles. The van der Waals surface area contributed by atoms with E-state index in [4.69, 9.17) is 44.3 Å². The fraction of sp³-hybridized carbons (Fsp3) is 0.0741. The van der Waals surface area contributed by atoms with Gasteiger partial charge in [0, 0.05) is 21.8 Å². The standard InChI is InChI=1S/C27H19Cl2N3O3S/c1-14-9-15(2)11-16(10-14)26-31-21-13-18(4-6-23(21)35-26)30-27(36)32-25(33)24-8-7-22(34-24)19-12-17(28)3-5-20(19)29/h3-13H,1-2H3,(H2,30,32,33,36). The summed E-state index contributed by atoms with van der Waals surface area (Å²) in [7, 11) is 0. The quantitative estimate of drug-likeness (QED) is 0.228. The van der Waals surface area contributed by atoms with Crippen LogP contribution in [-0.2, 0) is 0 Å². The molecule has 5 aromatic rings. The van der Waals surface area contributed by atoms with Gasteiger partial charge in [-0.25, -0.2) is 4.98 Å². The van der Waals surface area contributed by atoms with Crippen LogP contribution in [0.15, 0.2) is 75.6 Å². The van der Waals surface area contributed by atoms with Crippen molar-refractivity contribution >= 4 is 63.2 Å². The van der Waals surface area contributed by atoms with Crippen LogP contribution >= 0.6 is 35.4 Å². The number of rotatable bonds is 4. The summed E-state index contributed by atoms with van der Waals surface area (Å²) in [5.74, 6) is 0.535. The van der Waals surface area contributed by atoms with Gasteiger partial charge in [-0.1, -0.05) is 40.4 Å². The molecule has 0 aliphatic carbocycles. The number of anilines is 1. The predicted molar refractivity (Wildman–Crippen MR) is 147 cm³/mol. The first-order valence-corrected chi connectivity index (χ1v) is 12.1. The maximum Gasteiger partial charge on any atom is 0.293 e. The van der Waals surface area contributed by atoms with Crippen LogP contribution in [0.25, 0.3) is 33.9 Å². The van der Waals surface area contributed by atoms with Crippen LogP contribution in [0, 0.1) is 13.8 Å². The van der Waals surface area contributed by atoms with Gasteiger partial charge in [0.2, 0.25) is 5.89 Å². The van der Waals surface area contributed by atoms with E-state index in [1.807, 2.05) is 26.0 Å². The number of thiocarbonyl (C=S) groups is 1. The van der Waals surface area contributed by atoms with Crippen LogP contribution in [0.3, 0.4) is 0 Å². The third kappa shape index (κ3) is 5.14. The number of benzene rings is 3. The highest BCUT2D eigenvalue weighted by Gasteiger charge is 2.16. The monoisotopic (exact) mass is 535 g/mol. The maximum atomic E-state index is 12.7. The number of aromatic nitrogens is 1. The lowest BCUT2D eigenvalue weighted by atomic mass is 10.1. The summed E-state index contributed by atoms with van der Waals surface area (Å²) in [4.78, 5) is 17.3. The number of nitrogens with one attached hydrogen (secondary N) is 2. The number of hydrogen-bond donors (Lipinski definition) is 2. The fourth-order valence-corrected chi connectivity index (χ4v) is 4.44. The molecule has 0 saturated heterocycles.